The highest BCUT2D eigenvalue weighted by Crippen LogP contribution is 2.31. The molecule has 10 heteroatoms. The average molecular weight is 619 g/mol. The number of imide groups is 1. The summed E-state index contributed by atoms with van der Waals surface area (Å²) in [5.74, 6) is 0.297. The number of nitrogens with zero attached hydrogens (tertiary/aromatic N) is 2. The number of ether oxygens (including phenoxy) is 1. The van der Waals surface area contributed by atoms with Crippen LogP contribution in [0.25, 0.3) is 6.08 Å². The van der Waals surface area contributed by atoms with Gasteiger partial charge >= 0.3 is 6.03 Å². The summed E-state index contributed by atoms with van der Waals surface area (Å²) in [6.07, 6.45) is 1.63. The molecule has 0 radical (unpaired) electrons. The number of nitro groups is 1. The first-order chi connectivity index (χ1) is 13.8. The highest BCUT2D eigenvalue weighted by Gasteiger charge is 2.32. The van der Waals surface area contributed by atoms with E-state index in [1.54, 1.807) is 25.1 Å². The van der Waals surface area contributed by atoms with Crippen LogP contribution >= 0.6 is 45.2 Å². The maximum atomic E-state index is 12.2. The molecule has 0 atom stereocenters. The van der Waals surface area contributed by atoms with E-state index in [2.05, 4.69) is 50.5 Å². The number of nitrogens with one attached hydrogen (secondary N) is 1. The fourth-order valence-electron chi connectivity index (χ4n) is 2.74. The van der Waals surface area contributed by atoms with E-state index in [1.807, 2.05) is 12.1 Å². The number of hydrogen-bond donors (Lipinski definition) is 1. The molecule has 2 aromatic carbocycles. The van der Waals surface area contributed by atoms with E-state index in [0.29, 0.717) is 17.9 Å². The lowest BCUT2D eigenvalue weighted by Crippen LogP contribution is -2.30. The third kappa shape index (κ3) is 4.86. The molecule has 0 spiro atoms. The minimum Gasteiger partial charge on any atom is -0.487 e. The largest absolute Gasteiger partial charge is 0.487 e. The van der Waals surface area contributed by atoms with Gasteiger partial charge in [0.05, 0.1) is 12.1 Å². The zero-order valence-corrected chi connectivity index (χ0v) is 19.5. The van der Waals surface area contributed by atoms with E-state index in [0.717, 1.165) is 17.6 Å². The lowest BCUT2D eigenvalue weighted by Gasteiger charge is -2.12. The van der Waals surface area contributed by atoms with Crippen LogP contribution in [0.15, 0.2) is 42.1 Å². The highest BCUT2D eigenvalue weighted by atomic mass is 127. The summed E-state index contributed by atoms with van der Waals surface area (Å²) in [4.78, 5) is 35.6. The molecule has 29 heavy (non-hydrogen) atoms. The van der Waals surface area contributed by atoms with Crippen LogP contribution in [0.3, 0.4) is 0 Å². The Morgan fingerprint density at radius 2 is 1.90 bits per heavy atom. The molecule has 1 fully saturated rings. The van der Waals surface area contributed by atoms with Crippen LogP contribution in [-0.2, 0) is 11.4 Å². The smallest absolute Gasteiger partial charge is 0.328 e. The lowest BCUT2D eigenvalue weighted by molar-refractivity contribution is -0.384. The van der Waals surface area contributed by atoms with Crippen molar-refractivity contribution in [3.05, 3.63) is 70.5 Å². The first-order valence-electron chi connectivity index (χ1n) is 8.50. The fraction of sp³-hybridized carbons (Fsp3) is 0.158. The molecular weight excluding hydrogens is 604 g/mol. The van der Waals surface area contributed by atoms with Crippen LogP contribution in [0, 0.1) is 17.3 Å². The van der Waals surface area contributed by atoms with Gasteiger partial charge in [0.25, 0.3) is 11.6 Å². The van der Waals surface area contributed by atoms with Gasteiger partial charge in [-0.3, -0.25) is 19.8 Å². The molecule has 3 rings (SSSR count). The summed E-state index contributed by atoms with van der Waals surface area (Å²) in [6, 6.07) is 9.55. The minimum atomic E-state index is -0.442. The van der Waals surface area contributed by atoms with E-state index in [-0.39, 0.29) is 23.9 Å². The van der Waals surface area contributed by atoms with Crippen molar-refractivity contribution in [3.8, 4) is 5.75 Å². The van der Waals surface area contributed by atoms with Gasteiger partial charge in [0.15, 0.2) is 0 Å². The van der Waals surface area contributed by atoms with Crippen molar-refractivity contribution in [2.24, 2.45) is 0 Å². The molecule has 150 valence electrons. The summed E-state index contributed by atoms with van der Waals surface area (Å²) < 4.78 is 7.51. The minimum absolute atomic E-state index is 0.0156. The first-order valence-corrected chi connectivity index (χ1v) is 10.7. The second-order valence-corrected chi connectivity index (χ2v) is 8.39. The number of nitro benzene ring substituents is 1. The van der Waals surface area contributed by atoms with Gasteiger partial charge in [-0.05, 0) is 81.4 Å². The van der Waals surface area contributed by atoms with Crippen molar-refractivity contribution in [2.75, 3.05) is 6.54 Å². The molecule has 3 amide bonds. The van der Waals surface area contributed by atoms with Crippen LogP contribution in [0.5, 0.6) is 5.75 Å². The third-order valence-corrected chi connectivity index (χ3v) is 5.72. The van der Waals surface area contributed by atoms with Gasteiger partial charge in [-0.1, -0.05) is 12.1 Å². The zero-order valence-electron chi connectivity index (χ0n) is 15.1. The Balaban J connectivity index is 1.79. The van der Waals surface area contributed by atoms with Gasteiger partial charge in [-0.15, -0.1) is 0 Å². The molecule has 1 aliphatic heterocycles. The molecular formula is C19H15I2N3O5. The summed E-state index contributed by atoms with van der Waals surface area (Å²) >= 11 is 4.26. The molecule has 1 saturated heterocycles. The fourth-order valence-corrected chi connectivity index (χ4v) is 4.87. The van der Waals surface area contributed by atoms with Gasteiger partial charge in [-0.25, -0.2) is 4.79 Å². The van der Waals surface area contributed by atoms with E-state index in [4.69, 9.17) is 4.74 Å². The number of halogens is 2. The standard InChI is InChI=1S/C19H15I2N3O5/c1-2-23-18(25)16(22-19(23)26)9-12-7-14(20)17(15(21)8-12)29-10-11-4-3-5-13(6-11)24(27)28/h3-9H,2,10H2,1H3,(H,22,26)/b16-9+. The van der Waals surface area contributed by atoms with Crippen molar-refractivity contribution in [1.29, 1.82) is 0 Å². The number of carbonyl (C=O) groups excluding carboxylic acids is 2. The topological polar surface area (TPSA) is 102 Å². The Hall–Kier alpha value is -2.22. The Morgan fingerprint density at radius 1 is 1.21 bits per heavy atom. The maximum Gasteiger partial charge on any atom is 0.328 e. The predicted molar refractivity (Wildman–Crippen MR) is 123 cm³/mol. The predicted octanol–water partition coefficient (Wildman–Crippen LogP) is 4.30. The molecule has 1 N–H and O–H groups in total. The summed E-state index contributed by atoms with van der Waals surface area (Å²) in [7, 11) is 0. The molecule has 0 aromatic heterocycles. The molecule has 1 aliphatic rings. The van der Waals surface area contributed by atoms with Gasteiger partial charge in [-0.2, -0.15) is 0 Å². The quantitative estimate of drug-likeness (QED) is 0.171. The van der Waals surface area contributed by atoms with Crippen LogP contribution in [0.4, 0.5) is 10.5 Å². The van der Waals surface area contributed by atoms with E-state index < -0.39 is 11.0 Å². The Kier molecular flexibility index (Phi) is 6.72. The van der Waals surface area contributed by atoms with E-state index in [1.165, 1.54) is 12.1 Å². The van der Waals surface area contributed by atoms with Gasteiger partial charge in [0, 0.05) is 18.7 Å². The zero-order chi connectivity index (χ0) is 21.1. The Bertz CT molecular complexity index is 1020. The van der Waals surface area contributed by atoms with Gasteiger partial charge < -0.3 is 10.1 Å². The number of carbonyl (C=O) groups is 2. The summed E-state index contributed by atoms with van der Waals surface area (Å²) in [6.45, 7) is 2.23. The average Bonchev–Trinajstić information content (AvgIpc) is 2.93. The first kappa shape index (κ1) is 21.5. The van der Waals surface area contributed by atoms with Crippen molar-refractivity contribution >= 4 is 68.9 Å². The number of non-ortho nitro benzene ring substituents is 1. The number of benzene rings is 2. The number of hydrogen-bond acceptors (Lipinski definition) is 5. The molecule has 8 nitrogen and oxygen atoms in total. The number of rotatable bonds is 6. The van der Waals surface area contributed by atoms with E-state index >= 15 is 0 Å². The maximum absolute atomic E-state index is 12.2. The third-order valence-electron chi connectivity index (χ3n) is 4.11. The molecule has 2 aromatic rings. The molecule has 1 heterocycles. The number of likely N-dealkylation sites (N-methyl/N-ethyl adjacent to an activating group) is 1. The van der Waals surface area contributed by atoms with Crippen LogP contribution in [0.1, 0.15) is 18.1 Å². The van der Waals surface area contributed by atoms with Crippen molar-refractivity contribution in [3.63, 3.8) is 0 Å². The molecule has 0 bridgehead atoms. The molecule has 0 aliphatic carbocycles. The molecule has 0 saturated carbocycles. The van der Waals surface area contributed by atoms with Crippen molar-refractivity contribution in [1.82, 2.24) is 10.2 Å². The second-order valence-electron chi connectivity index (χ2n) is 6.07. The van der Waals surface area contributed by atoms with Crippen LogP contribution in [0.2, 0.25) is 0 Å². The normalized spacial score (nSPS) is 15.0. The Labute approximate surface area is 193 Å². The van der Waals surface area contributed by atoms with Gasteiger partial charge in [0.1, 0.15) is 18.1 Å². The lowest BCUT2D eigenvalue weighted by atomic mass is 10.2. The SMILES string of the molecule is CCN1C(=O)N/C(=C/c2cc(I)c(OCc3cccc([N+](=O)[O-])c3)c(I)c2)C1=O. The summed E-state index contributed by atoms with van der Waals surface area (Å²) in [5.41, 5.74) is 1.69. The van der Waals surface area contributed by atoms with Crippen LogP contribution < -0.4 is 10.1 Å². The van der Waals surface area contributed by atoms with Crippen LogP contribution in [-0.4, -0.2) is 28.3 Å². The number of urea groups is 1. The molecule has 0 unspecified atom stereocenters. The van der Waals surface area contributed by atoms with Crippen molar-refractivity contribution < 1.29 is 19.2 Å². The van der Waals surface area contributed by atoms with E-state index in [9.17, 15) is 19.7 Å². The monoisotopic (exact) mass is 619 g/mol. The van der Waals surface area contributed by atoms with Gasteiger partial charge in [0.2, 0.25) is 0 Å². The second kappa shape index (κ2) is 9.07. The Morgan fingerprint density at radius 3 is 2.48 bits per heavy atom. The highest BCUT2D eigenvalue weighted by molar-refractivity contribution is 14.1. The van der Waals surface area contributed by atoms with Crippen molar-refractivity contribution in [2.45, 2.75) is 13.5 Å². The summed E-state index contributed by atoms with van der Waals surface area (Å²) in [5, 5.41) is 13.5. The number of amides is 3.